The molecule has 2 aliphatic heterocycles. The summed E-state index contributed by atoms with van der Waals surface area (Å²) in [6.45, 7) is 5.02. The highest BCUT2D eigenvalue weighted by Crippen LogP contribution is 2.41. The number of ether oxygens (including phenoxy) is 2. The number of methoxy groups -OCH3 is 1. The summed E-state index contributed by atoms with van der Waals surface area (Å²) in [4.78, 5) is 0. The van der Waals surface area contributed by atoms with E-state index in [9.17, 15) is 5.11 Å². The Hall–Kier alpha value is 0.230. The normalized spacial score (nSPS) is 30.5. The summed E-state index contributed by atoms with van der Waals surface area (Å²) in [6, 6.07) is 0. The van der Waals surface area contributed by atoms with Gasteiger partial charge in [0.15, 0.2) is 0 Å². The van der Waals surface area contributed by atoms with Gasteiger partial charge in [0, 0.05) is 13.7 Å². The molecule has 1 spiro atoms. The second-order valence-electron chi connectivity index (χ2n) is 6.33. The zero-order valence-corrected chi connectivity index (χ0v) is 13.2. The van der Waals surface area contributed by atoms with Gasteiger partial charge in [-0.25, -0.2) is 0 Å². The van der Waals surface area contributed by atoms with E-state index in [0.717, 1.165) is 32.3 Å². The Morgan fingerprint density at radius 3 is 2.58 bits per heavy atom. The van der Waals surface area contributed by atoms with Crippen LogP contribution < -0.4 is 0 Å². The lowest BCUT2D eigenvalue weighted by Crippen LogP contribution is -2.48. The van der Waals surface area contributed by atoms with Gasteiger partial charge in [0.1, 0.15) is 0 Å². The molecule has 0 aromatic rings. The van der Waals surface area contributed by atoms with Crippen molar-refractivity contribution in [3.63, 3.8) is 0 Å². The van der Waals surface area contributed by atoms with E-state index in [-0.39, 0.29) is 17.8 Å². The molecule has 0 aromatic heterocycles. The lowest BCUT2D eigenvalue weighted by atomic mass is 9.77. The van der Waals surface area contributed by atoms with E-state index >= 15 is 0 Å². The van der Waals surface area contributed by atoms with E-state index < -0.39 is 0 Å². The van der Waals surface area contributed by atoms with Crippen molar-refractivity contribution in [1.82, 2.24) is 0 Å². The Kier molecular flexibility index (Phi) is 5.58. The second kappa shape index (κ2) is 6.79. The van der Waals surface area contributed by atoms with Crippen LogP contribution in [0.3, 0.4) is 0 Å². The van der Waals surface area contributed by atoms with E-state index in [1.165, 1.54) is 11.5 Å². The molecule has 1 N–H and O–H groups in total. The third kappa shape index (κ3) is 3.66. The number of rotatable bonds is 4. The smallest absolute Gasteiger partial charge is 0.0855 e. The number of thioether (sulfide) groups is 1. The number of hydrogen-bond donors (Lipinski definition) is 1. The molecule has 2 aliphatic rings. The first kappa shape index (κ1) is 15.6. The maximum absolute atomic E-state index is 10.6. The predicted octanol–water partition coefficient (Wildman–Crippen LogP) is 2.71. The van der Waals surface area contributed by atoms with Gasteiger partial charge in [-0.2, -0.15) is 11.8 Å². The highest BCUT2D eigenvalue weighted by Gasteiger charge is 2.42. The minimum atomic E-state index is -0.361. The average molecular weight is 288 g/mol. The van der Waals surface area contributed by atoms with E-state index in [1.54, 1.807) is 7.11 Å². The zero-order chi connectivity index (χ0) is 13.9. The lowest BCUT2D eigenvalue weighted by molar-refractivity contribution is -0.144. The van der Waals surface area contributed by atoms with E-state index in [0.29, 0.717) is 11.8 Å². The summed E-state index contributed by atoms with van der Waals surface area (Å²) in [5.41, 5.74) is 0.0460. The van der Waals surface area contributed by atoms with Gasteiger partial charge in [0.05, 0.1) is 17.8 Å². The summed E-state index contributed by atoms with van der Waals surface area (Å²) in [5.74, 6) is 3.06. The molecule has 0 aromatic carbocycles. The first-order valence-electron chi connectivity index (χ1n) is 7.50. The maximum atomic E-state index is 10.6. The molecule has 2 saturated heterocycles. The molecule has 2 heterocycles. The number of aliphatic hydroxyl groups excluding tert-OH is 1. The summed E-state index contributed by atoms with van der Waals surface area (Å²) >= 11 is 2.02. The van der Waals surface area contributed by atoms with Gasteiger partial charge < -0.3 is 14.6 Å². The van der Waals surface area contributed by atoms with Gasteiger partial charge in [-0.1, -0.05) is 13.8 Å². The monoisotopic (exact) mass is 288 g/mol. The van der Waals surface area contributed by atoms with E-state index in [1.807, 2.05) is 11.8 Å². The van der Waals surface area contributed by atoms with Gasteiger partial charge in [-0.05, 0) is 49.0 Å². The molecular weight excluding hydrogens is 260 g/mol. The molecule has 0 amide bonds. The molecule has 2 fully saturated rings. The molecular formula is C15H28O3S. The lowest BCUT2D eigenvalue weighted by Gasteiger charge is -2.45. The molecule has 3 unspecified atom stereocenters. The predicted molar refractivity (Wildman–Crippen MR) is 79.6 cm³/mol. The van der Waals surface area contributed by atoms with E-state index in [4.69, 9.17) is 9.47 Å². The van der Waals surface area contributed by atoms with Crippen LogP contribution in [0.1, 0.15) is 39.5 Å². The van der Waals surface area contributed by atoms with Crippen LogP contribution in [0, 0.1) is 11.8 Å². The highest BCUT2D eigenvalue weighted by molar-refractivity contribution is 7.99. The molecule has 19 heavy (non-hydrogen) atoms. The summed E-state index contributed by atoms with van der Waals surface area (Å²) in [5, 5.41) is 10.6. The Morgan fingerprint density at radius 2 is 2.00 bits per heavy atom. The first-order chi connectivity index (χ1) is 9.08. The number of aliphatic hydroxyl groups is 1. The van der Waals surface area contributed by atoms with Crippen LogP contribution in [0.5, 0.6) is 0 Å². The molecule has 112 valence electrons. The molecule has 4 heteroatoms. The largest absolute Gasteiger partial charge is 0.390 e. The van der Waals surface area contributed by atoms with Crippen LogP contribution in [0.4, 0.5) is 0 Å². The third-order valence-electron chi connectivity index (χ3n) is 4.68. The van der Waals surface area contributed by atoms with Gasteiger partial charge in [-0.15, -0.1) is 0 Å². The van der Waals surface area contributed by atoms with Crippen molar-refractivity contribution in [1.29, 1.82) is 0 Å². The Morgan fingerprint density at radius 1 is 1.32 bits per heavy atom. The van der Waals surface area contributed by atoms with Gasteiger partial charge in [0.2, 0.25) is 0 Å². The SMILES string of the molecule is COC(C(C)C)C(O)C1CCOC2(CCSCC2)C1. The van der Waals surface area contributed by atoms with Crippen LogP contribution >= 0.6 is 11.8 Å². The Labute approximate surface area is 121 Å². The minimum absolute atomic E-state index is 0.0460. The van der Waals surface area contributed by atoms with Gasteiger partial charge in [0.25, 0.3) is 0 Å². The Balaban J connectivity index is 1.99. The fourth-order valence-corrected chi connectivity index (χ4v) is 4.76. The van der Waals surface area contributed by atoms with Gasteiger partial charge in [-0.3, -0.25) is 0 Å². The van der Waals surface area contributed by atoms with Crippen molar-refractivity contribution in [2.75, 3.05) is 25.2 Å². The quantitative estimate of drug-likeness (QED) is 0.863. The van der Waals surface area contributed by atoms with Crippen LogP contribution in [-0.2, 0) is 9.47 Å². The summed E-state index contributed by atoms with van der Waals surface area (Å²) < 4.78 is 11.6. The molecule has 0 saturated carbocycles. The average Bonchev–Trinajstić information content (AvgIpc) is 2.40. The molecule has 3 nitrogen and oxygen atoms in total. The third-order valence-corrected chi connectivity index (χ3v) is 5.67. The van der Waals surface area contributed by atoms with E-state index in [2.05, 4.69) is 13.8 Å². The van der Waals surface area contributed by atoms with Crippen molar-refractivity contribution in [3.8, 4) is 0 Å². The minimum Gasteiger partial charge on any atom is -0.390 e. The number of hydrogen-bond acceptors (Lipinski definition) is 4. The molecule has 0 aliphatic carbocycles. The maximum Gasteiger partial charge on any atom is 0.0855 e. The fourth-order valence-electron chi connectivity index (χ4n) is 3.52. The zero-order valence-electron chi connectivity index (χ0n) is 12.4. The molecule has 0 bridgehead atoms. The molecule has 0 radical (unpaired) electrons. The molecule has 2 rings (SSSR count). The van der Waals surface area contributed by atoms with Crippen molar-refractivity contribution in [2.45, 2.75) is 57.3 Å². The summed E-state index contributed by atoms with van der Waals surface area (Å²) in [7, 11) is 1.71. The van der Waals surface area contributed by atoms with Crippen molar-refractivity contribution < 1.29 is 14.6 Å². The highest BCUT2D eigenvalue weighted by atomic mass is 32.2. The summed E-state index contributed by atoms with van der Waals surface area (Å²) in [6.07, 6.45) is 3.82. The van der Waals surface area contributed by atoms with Crippen LogP contribution in [0.25, 0.3) is 0 Å². The van der Waals surface area contributed by atoms with Crippen LogP contribution in [-0.4, -0.2) is 48.1 Å². The Bertz CT molecular complexity index is 271. The standard InChI is InChI=1S/C15H28O3S/c1-11(2)14(17-3)13(16)12-4-7-18-15(10-12)5-8-19-9-6-15/h11-14,16H,4-10H2,1-3H3. The topological polar surface area (TPSA) is 38.7 Å². The van der Waals surface area contributed by atoms with Crippen LogP contribution in [0.15, 0.2) is 0 Å². The van der Waals surface area contributed by atoms with Crippen LogP contribution in [0.2, 0.25) is 0 Å². The van der Waals surface area contributed by atoms with Crippen molar-refractivity contribution in [3.05, 3.63) is 0 Å². The van der Waals surface area contributed by atoms with Crippen molar-refractivity contribution in [2.24, 2.45) is 11.8 Å². The van der Waals surface area contributed by atoms with Gasteiger partial charge >= 0.3 is 0 Å². The molecule has 3 atom stereocenters. The van der Waals surface area contributed by atoms with Crippen molar-refractivity contribution >= 4 is 11.8 Å². The first-order valence-corrected chi connectivity index (χ1v) is 8.66. The fraction of sp³-hybridized carbons (Fsp3) is 1.00. The second-order valence-corrected chi connectivity index (χ2v) is 7.56.